The van der Waals surface area contributed by atoms with Crippen molar-refractivity contribution in [2.45, 2.75) is 18.9 Å². The topological polar surface area (TPSA) is 55.5 Å². The van der Waals surface area contributed by atoms with Crippen LogP contribution in [-0.2, 0) is 4.74 Å². The van der Waals surface area contributed by atoms with Gasteiger partial charge in [0.05, 0.1) is 12.7 Å². The molecule has 2 atom stereocenters. The second-order valence-corrected chi connectivity index (χ2v) is 2.77. The molecule has 1 heterocycles. The number of ether oxygens (including phenoxy) is 1. The monoisotopic (exact) mass is 145 g/mol. The van der Waals surface area contributed by atoms with Crippen LogP contribution in [0.15, 0.2) is 0 Å². The first-order chi connectivity index (χ1) is 4.84. The van der Waals surface area contributed by atoms with Gasteiger partial charge in [-0.1, -0.05) is 0 Å². The maximum absolute atomic E-state index is 9.32. The molecule has 1 aliphatic rings. The molecule has 1 fully saturated rings. The van der Waals surface area contributed by atoms with E-state index in [9.17, 15) is 5.11 Å². The quantitative estimate of drug-likeness (QED) is 0.562. The molecule has 0 radical (unpaired) electrons. The molecule has 0 aromatic heterocycles. The molecular weight excluding hydrogens is 130 g/mol. The Hall–Kier alpha value is -0.120. The lowest BCUT2D eigenvalue weighted by Crippen LogP contribution is -2.33. The summed E-state index contributed by atoms with van der Waals surface area (Å²) in [5.41, 5.74) is 5.37. The van der Waals surface area contributed by atoms with Crippen molar-refractivity contribution < 1.29 is 9.84 Å². The van der Waals surface area contributed by atoms with Gasteiger partial charge in [-0.15, -0.1) is 0 Å². The second kappa shape index (κ2) is 3.91. The summed E-state index contributed by atoms with van der Waals surface area (Å²) >= 11 is 0. The fourth-order valence-electron chi connectivity index (χ4n) is 1.32. The third-order valence-corrected chi connectivity index (χ3v) is 2.00. The van der Waals surface area contributed by atoms with Gasteiger partial charge in [-0.25, -0.2) is 0 Å². The minimum absolute atomic E-state index is 0.280. The summed E-state index contributed by atoms with van der Waals surface area (Å²) in [5, 5.41) is 9.32. The van der Waals surface area contributed by atoms with Crippen LogP contribution in [0.3, 0.4) is 0 Å². The molecular formula is C7H15NO2. The van der Waals surface area contributed by atoms with E-state index < -0.39 is 0 Å². The lowest BCUT2D eigenvalue weighted by atomic mass is 9.94. The van der Waals surface area contributed by atoms with Crippen LogP contribution >= 0.6 is 0 Å². The smallest absolute Gasteiger partial charge is 0.0803 e. The van der Waals surface area contributed by atoms with Gasteiger partial charge >= 0.3 is 0 Å². The van der Waals surface area contributed by atoms with Crippen LogP contribution in [0, 0.1) is 5.92 Å². The van der Waals surface area contributed by atoms with Crippen molar-refractivity contribution in [2.24, 2.45) is 11.7 Å². The van der Waals surface area contributed by atoms with E-state index in [1.54, 1.807) is 0 Å². The Morgan fingerprint density at radius 1 is 1.60 bits per heavy atom. The van der Waals surface area contributed by atoms with Crippen LogP contribution in [0.25, 0.3) is 0 Å². The van der Waals surface area contributed by atoms with Crippen molar-refractivity contribution in [1.29, 1.82) is 0 Å². The molecule has 60 valence electrons. The van der Waals surface area contributed by atoms with E-state index in [0.29, 0.717) is 19.1 Å². The molecule has 3 heteroatoms. The number of nitrogens with two attached hydrogens (primary N) is 1. The summed E-state index contributed by atoms with van der Waals surface area (Å²) in [7, 11) is 0. The highest BCUT2D eigenvalue weighted by Gasteiger charge is 2.22. The van der Waals surface area contributed by atoms with Gasteiger partial charge < -0.3 is 15.6 Å². The van der Waals surface area contributed by atoms with Crippen LogP contribution < -0.4 is 5.73 Å². The van der Waals surface area contributed by atoms with Crippen LogP contribution in [0.2, 0.25) is 0 Å². The van der Waals surface area contributed by atoms with Gasteiger partial charge in [0.15, 0.2) is 0 Å². The Bertz CT molecular complexity index is 95.6. The number of hydrogen-bond acceptors (Lipinski definition) is 3. The molecule has 0 spiro atoms. The van der Waals surface area contributed by atoms with Gasteiger partial charge in [0.1, 0.15) is 0 Å². The lowest BCUT2D eigenvalue weighted by Gasteiger charge is -2.26. The van der Waals surface area contributed by atoms with Gasteiger partial charge in [-0.05, 0) is 25.3 Å². The van der Waals surface area contributed by atoms with E-state index in [0.717, 1.165) is 19.4 Å². The van der Waals surface area contributed by atoms with Gasteiger partial charge in [-0.2, -0.15) is 0 Å². The van der Waals surface area contributed by atoms with Crippen molar-refractivity contribution in [2.75, 3.05) is 19.8 Å². The Labute approximate surface area is 61.2 Å². The summed E-state index contributed by atoms with van der Waals surface area (Å²) < 4.78 is 5.07. The SMILES string of the molecule is NCCC1CCOCC1O. The zero-order chi connectivity index (χ0) is 7.40. The summed E-state index contributed by atoms with van der Waals surface area (Å²) in [6.07, 6.45) is 1.60. The van der Waals surface area contributed by atoms with E-state index in [-0.39, 0.29) is 6.10 Å². The molecule has 0 saturated carbocycles. The Balaban J connectivity index is 2.25. The maximum Gasteiger partial charge on any atom is 0.0803 e. The molecule has 10 heavy (non-hydrogen) atoms. The van der Waals surface area contributed by atoms with E-state index in [2.05, 4.69) is 0 Å². The highest BCUT2D eigenvalue weighted by Crippen LogP contribution is 2.17. The Kier molecular flexibility index (Phi) is 3.12. The third-order valence-electron chi connectivity index (χ3n) is 2.00. The number of aliphatic hydroxyl groups excluding tert-OH is 1. The Morgan fingerprint density at radius 3 is 3.00 bits per heavy atom. The molecule has 0 amide bonds. The largest absolute Gasteiger partial charge is 0.390 e. The Morgan fingerprint density at radius 2 is 2.40 bits per heavy atom. The minimum Gasteiger partial charge on any atom is -0.390 e. The van der Waals surface area contributed by atoms with Gasteiger partial charge in [0.25, 0.3) is 0 Å². The molecule has 0 aromatic rings. The first-order valence-electron chi connectivity index (χ1n) is 3.80. The predicted molar refractivity (Wildman–Crippen MR) is 38.6 cm³/mol. The van der Waals surface area contributed by atoms with Gasteiger partial charge in [0, 0.05) is 6.61 Å². The van der Waals surface area contributed by atoms with Crippen LogP contribution in [0.4, 0.5) is 0 Å². The zero-order valence-electron chi connectivity index (χ0n) is 6.12. The van der Waals surface area contributed by atoms with Crippen LogP contribution in [-0.4, -0.2) is 31.0 Å². The van der Waals surface area contributed by atoms with Crippen molar-refractivity contribution in [3.05, 3.63) is 0 Å². The fourth-order valence-corrected chi connectivity index (χ4v) is 1.32. The minimum atomic E-state index is -0.280. The molecule has 3 nitrogen and oxygen atoms in total. The molecule has 1 rings (SSSR count). The molecule has 1 saturated heterocycles. The second-order valence-electron chi connectivity index (χ2n) is 2.77. The summed E-state index contributed by atoms with van der Waals surface area (Å²) in [6, 6.07) is 0. The first kappa shape index (κ1) is 7.98. The van der Waals surface area contributed by atoms with Crippen molar-refractivity contribution in [1.82, 2.24) is 0 Å². The van der Waals surface area contributed by atoms with Crippen molar-refractivity contribution >= 4 is 0 Å². The lowest BCUT2D eigenvalue weighted by molar-refractivity contribution is -0.0452. The van der Waals surface area contributed by atoms with Gasteiger partial charge in [0.2, 0.25) is 0 Å². The number of aliphatic hydroxyl groups is 1. The van der Waals surface area contributed by atoms with Crippen LogP contribution in [0.1, 0.15) is 12.8 Å². The van der Waals surface area contributed by atoms with Crippen molar-refractivity contribution in [3.8, 4) is 0 Å². The molecule has 0 bridgehead atoms. The molecule has 3 N–H and O–H groups in total. The predicted octanol–water partition coefficient (Wildman–Crippen LogP) is -0.267. The molecule has 0 aromatic carbocycles. The van der Waals surface area contributed by atoms with Crippen LogP contribution in [0.5, 0.6) is 0 Å². The van der Waals surface area contributed by atoms with E-state index in [4.69, 9.17) is 10.5 Å². The third kappa shape index (κ3) is 1.94. The maximum atomic E-state index is 9.32. The average Bonchev–Trinajstić information content (AvgIpc) is 1.94. The summed E-state index contributed by atoms with van der Waals surface area (Å²) in [6.45, 7) is 1.94. The number of rotatable bonds is 2. The highest BCUT2D eigenvalue weighted by molar-refractivity contribution is 4.72. The average molecular weight is 145 g/mol. The highest BCUT2D eigenvalue weighted by atomic mass is 16.5. The fraction of sp³-hybridized carbons (Fsp3) is 1.00. The molecule has 0 aliphatic carbocycles. The zero-order valence-corrected chi connectivity index (χ0v) is 6.12. The summed E-state index contributed by atoms with van der Waals surface area (Å²) in [4.78, 5) is 0. The standard InChI is InChI=1S/C7H15NO2/c8-3-1-6-2-4-10-5-7(6)9/h6-7,9H,1-5,8H2. The van der Waals surface area contributed by atoms with Crippen molar-refractivity contribution in [3.63, 3.8) is 0 Å². The van der Waals surface area contributed by atoms with E-state index in [1.165, 1.54) is 0 Å². The molecule has 2 unspecified atom stereocenters. The van der Waals surface area contributed by atoms with E-state index >= 15 is 0 Å². The first-order valence-corrected chi connectivity index (χ1v) is 3.80. The summed E-state index contributed by atoms with van der Waals surface area (Å²) in [5.74, 6) is 0.374. The normalized spacial score (nSPS) is 34.2. The van der Waals surface area contributed by atoms with Gasteiger partial charge in [-0.3, -0.25) is 0 Å². The molecule has 1 aliphatic heterocycles. The van der Waals surface area contributed by atoms with E-state index in [1.807, 2.05) is 0 Å². The number of hydrogen-bond donors (Lipinski definition) is 2.